The van der Waals surface area contributed by atoms with Gasteiger partial charge in [0.2, 0.25) is 5.88 Å². The average molecular weight is 640 g/mol. The van der Waals surface area contributed by atoms with Crippen LogP contribution in [-0.2, 0) is 6.42 Å². The van der Waals surface area contributed by atoms with Crippen molar-refractivity contribution in [3.8, 4) is 34.1 Å². The van der Waals surface area contributed by atoms with Crippen molar-refractivity contribution in [2.45, 2.75) is 18.9 Å². The fraction of sp³-hybridized carbons (Fsp3) is 0.172. The number of benzene rings is 3. The molecule has 1 atom stereocenters. The van der Waals surface area contributed by atoms with Gasteiger partial charge in [-0.05, 0) is 83.5 Å². The maximum Gasteiger partial charge on any atom is 0.329 e. The molecule has 3 aromatic carbocycles. The second kappa shape index (κ2) is 11.9. The summed E-state index contributed by atoms with van der Waals surface area (Å²) in [6.07, 6.45) is 2.60. The number of halogens is 2. The zero-order chi connectivity index (χ0) is 27.4. The lowest BCUT2D eigenvalue weighted by Gasteiger charge is -2.17. The van der Waals surface area contributed by atoms with E-state index in [1.807, 2.05) is 30.3 Å². The molecule has 4 N–H and O–H groups in total. The maximum atomic E-state index is 14.7. The summed E-state index contributed by atoms with van der Waals surface area (Å²) in [4.78, 5) is 23.7. The molecular weight excluding hydrogens is 614 g/mol. The molecule has 0 saturated carbocycles. The fourth-order valence-corrected chi connectivity index (χ4v) is 4.95. The van der Waals surface area contributed by atoms with Crippen LogP contribution in [0.3, 0.4) is 0 Å². The molecule has 5 rings (SSSR count). The number of aryl methyl sites for hydroxylation is 1. The van der Waals surface area contributed by atoms with E-state index in [9.17, 15) is 14.3 Å². The van der Waals surface area contributed by atoms with E-state index >= 15 is 0 Å². The molecule has 0 radical (unpaired) electrons. The van der Waals surface area contributed by atoms with Crippen LogP contribution in [0.1, 0.15) is 23.9 Å². The number of imidazole rings is 2. The first kappa shape index (κ1) is 26.7. The van der Waals surface area contributed by atoms with Gasteiger partial charge in [0.15, 0.2) is 0 Å². The number of aromatic nitrogens is 4. The summed E-state index contributed by atoms with van der Waals surface area (Å²) in [5, 5.41) is 20.2. The van der Waals surface area contributed by atoms with E-state index in [2.05, 4.69) is 37.5 Å². The van der Waals surface area contributed by atoms with Crippen molar-refractivity contribution >= 4 is 22.6 Å². The van der Waals surface area contributed by atoms with E-state index < -0.39 is 11.7 Å². The first-order valence-electron chi connectivity index (χ1n) is 12.4. The molecule has 200 valence electrons. The zero-order valence-corrected chi connectivity index (χ0v) is 22.9. The number of aliphatic hydroxyl groups excluding tert-OH is 1. The Balaban J connectivity index is 1.52. The molecule has 0 bridgehead atoms. The van der Waals surface area contributed by atoms with Gasteiger partial charge in [0.25, 0.3) is 0 Å². The summed E-state index contributed by atoms with van der Waals surface area (Å²) in [7, 11) is 0. The summed E-state index contributed by atoms with van der Waals surface area (Å²) in [5.41, 5.74) is 2.26. The summed E-state index contributed by atoms with van der Waals surface area (Å²) in [6.45, 7) is 0.0615. The number of hydrogen-bond donors (Lipinski definition) is 4. The summed E-state index contributed by atoms with van der Waals surface area (Å²) < 4.78 is 22.1. The molecule has 0 aliphatic rings. The average Bonchev–Trinajstić information content (AvgIpc) is 3.54. The highest BCUT2D eigenvalue weighted by molar-refractivity contribution is 14.1. The first-order valence-corrected chi connectivity index (χ1v) is 13.4. The maximum absolute atomic E-state index is 14.7. The van der Waals surface area contributed by atoms with Crippen molar-refractivity contribution < 1.29 is 19.3 Å². The lowest BCUT2D eigenvalue weighted by Crippen LogP contribution is -2.24. The van der Waals surface area contributed by atoms with Gasteiger partial charge in [0, 0.05) is 14.7 Å². The summed E-state index contributed by atoms with van der Waals surface area (Å²) in [6, 6.07) is 20.9. The number of rotatable bonds is 10. The van der Waals surface area contributed by atoms with E-state index in [1.54, 1.807) is 36.4 Å². The minimum Gasteiger partial charge on any atom is -0.493 e. The van der Waals surface area contributed by atoms with Crippen LogP contribution in [0.2, 0.25) is 0 Å². The largest absolute Gasteiger partial charge is 0.493 e. The standard InChI is InChI=1S/C29H26FIN4O4/c30-23-16-20(31)9-12-22(23)24-17-32-27(33-24)25(13-6-18-4-2-1-3-5-18)35-28(37)26(34-29(35)38)19-7-10-21(11-8-19)39-15-14-36/h1-5,7-12,16-17,25,36-37H,6,13-15H2,(H,32,33)(H,34,38)/t25-/m1/s1. The highest BCUT2D eigenvalue weighted by Gasteiger charge is 2.26. The molecule has 0 aliphatic heterocycles. The number of H-pyrrole nitrogens is 2. The highest BCUT2D eigenvalue weighted by Crippen LogP contribution is 2.33. The Hall–Kier alpha value is -3.90. The second-order valence-electron chi connectivity index (χ2n) is 8.94. The molecule has 0 fully saturated rings. The fourth-order valence-electron chi connectivity index (χ4n) is 4.50. The van der Waals surface area contributed by atoms with E-state index in [4.69, 9.17) is 9.84 Å². The lowest BCUT2D eigenvalue weighted by atomic mass is 10.0. The van der Waals surface area contributed by atoms with Gasteiger partial charge in [-0.1, -0.05) is 30.3 Å². The SMILES string of the molecule is O=c1[nH]c(-c2ccc(OCCO)cc2)c(O)n1[C@H](CCc1ccccc1)c1ncc(-c2ccc(I)cc2F)[nH]1. The van der Waals surface area contributed by atoms with Crippen molar-refractivity contribution in [1.29, 1.82) is 0 Å². The molecule has 0 spiro atoms. The van der Waals surface area contributed by atoms with Crippen LogP contribution < -0.4 is 10.4 Å². The molecule has 10 heteroatoms. The number of nitrogens with one attached hydrogen (secondary N) is 2. The van der Waals surface area contributed by atoms with Gasteiger partial charge in [0.1, 0.15) is 29.7 Å². The van der Waals surface area contributed by atoms with Crippen LogP contribution in [0.25, 0.3) is 22.5 Å². The molecule has 0 unspecified atom stereocenters. The van der Waals surface area contributed by atoms with Crippen LogP contribution >= 0.6 is 22.6 Å². The minimum atomic E-state index is -0.657. The molecule has 0 amide bonds. The molecule has 2 aromatic heterocycles. The Labute approximate surface area is 237 Å². The Morgan fingerprint density at radius 2 is 1.82 bits per heavy atom. The number of hydrogen-bond acceptors (Lipinski definition) is 5. The van der Waals surface area contributed by atoms with Gasteiger partial charge >= 0.3 is 5.69 Å². The van der Waals surface area contributed by atoms with E-state index in [1.165, 1.54) is 16.8 Å². The van der Waals surface area contributed by atoms with Crippen molar-refractivity contribution in [3.63, 3.8) is 0 Å². The number of aliphatic hydroxyl groups is 1. The molecule has 5 aromatic rings. The van der Waals surface area contributed by atoms with E-state index in [0.717, 1.165) is 9.13 Å². The third-order valence-electron chi connectivity index (χ3n) is 6.40. The topological polar surface area (TPSA) is 116 Å². The van der Waals surface area contributed by atoms with Gasteiger partial charge < -0.3 is 24.9 Å². The third kappa shape index (κ3) is 5.91. The molecule has 39 heavy (non-hydrogen) atoms. The van der Waals surface area contributed by atoms with Crippen LogP contribution in [0.5, 0.6) is 11.6 Å². The van der Waals surface area contributed by atoms with Crippen molar-refractivity contribution in [3.05, 3.63) is 110 Å². The first-order chi connectivity index (χ1) is 18.9. The second-order valence-corrected chi connectivity index (χ2v) is 10.2. The number of aromatic amines is 2. The van der Waals surface area contributed by atoms with Crippen LogP contribution in [-0.4, -0.2) is 42.9 Å². The Bertz CT molecular complexity index is 1610. The van der Waals surface area contributed by atoms with E-state index in [0.29, 0.717) is 41.2 Å². The number of nitrogens with zero attached hydrogens (tertiary/aromatic N) is 2. The predicted octanol–water partition coefficient (Wildman–Crippen LogP) is 5.28. The highest BCUT2D eigenvalue weighted by atomic mass is 127. The normalized spacial score (nSPS) is 12.0. The van der Waals surface area contributed by atoms with Crippen molar-refractivity contribution in [2.75, 3.05) is 13.2 Å². The van der Waals surface area contributed by atoms with Gasteiger partial charge in [-0.3, -0.25) is 4.57 Å². The van der Waals surface area contributed by atoms with Crippen LogP contribution in [0, 0.1) is 9.39 Å². The van der Waals surface area contributed by atoms with Gasteiger partial charge in [-0.2, -0.15) is 0 Å². The Morgan fingerprint density at radius 3 is 2.54 bits per heavy atom. The summed E-state index contributed by atoms with van der Waals surface area (Å²) in [5.74, 6) is 0.365. The molecule has 0 saturated heterocycles. The number of ether oxygens (including phenoxy) is 1. The third-order valence-corrected chi connectivity index (χ3v) is 7.07. The van der Waals surface area contributed by atoms with Gasteiger partial charge in [-0.15, -0.1) is 0 Å². The summed E-state index contributed by atoms with van der Waals surface area (Å²) >= 11 is 2.05. The lowest BCUT2D eigenvalue weighted by molar-refractivity contribution is 0.201. The van der Waals surface area contributed by atoms with Crippen molar-refractivity contribution in [2.24, 2.45) is 0 Å². The molecule has 2 heterocycles. The smallest absolute Gasteiger partial charge is 0.329 e. The minimum absolute atomic E-state index is 0.103. The van der Waals surface area contributed by atoms with Gasteiger partial charge in [0.05, 0.1) is 24.5 Å². The zero-order valence-electron chi connectivity index (χ0n) is 20.8. The Morgan fingerprint density at radius 1 is 1.05 bits per heavy atom. The molecule has 0 aliphatic carbocycles. The molecule has 8 nitrogen and oxygen atoms in total. The van der Waals surface area contributed by atoms with Gasteiger partial charge in [-0.25, -0.2) is 14.2 Å². The predicted molar refractivity (Wildman–Crippen MR) is 154 cm³/mol. The quantitative estimate of drug-likeness (QED) is 0.155. The van der Waals surface area contributed by atoms with E-state index in [-0.39, 0.29) is 30.6 Å². The monoisotopic (exact) mass is 640 g/mol. The molecular formula is C29H26FIN4O4. The van der Waals surface area contributed by atoms with Crippen LogP contribution in [0.4, 0.5) is 4.39 Å². The van der Waals surface area contributed by atoms with Crippen molar-refractivity contribution in [1.82, 2.24) is 19.5 Å². The number of aromatic hydroxyl groups is 1. The van der Waals surface area contributed by atoms with Crippen LogP contribution in [0.15, 0.2) is 83.8 Å². The Kier molecular flexibility index (Phi) is 8.13.